The van der Waals surface area contributed by atoms with Crippen LogP contribution in [-0.4, -0.2) is 22.8 Å². The van der Waals surface area contributed by atoms with E-state index in [4.69, 9.17) is 0 Å². The minimum Gasteiger partial charge on any atom is -0.299 e. The van der Waals surface area contributed by atoms with Crippen molar-refractivity contribution in [3.63, 3.8) is 0 Å². The molecule has 2 atom stereocenters. The average molecular weight is 365 g/mol. The lowest BCUT2D eigenvalue weighted by atomic mass is 9.75. The van der Waals surface area contributed by atoms with Gasteiger partial charge < -0.3 is 0 Å². The van der Waals surface area contributed by atoms with Gasteiger partial charge in [-0.1, -0.05) is 42.8 Å². The SMILES string of the molecule is Cc1ccc(F)cc1CC(=O)C1CC2CCCC(C1)N2Cc1ccccc1. The number of nitrogens with zero attached hydrogens (tertiary/aromatic N) is 1. The Bertz CT molecular complexity index is 789. The lowest BCUT2D eigenvalue weighted by Gasteiger charge is -2.48. The van der Waals surface area contributed by atoms with E-state index in [2.05, 4.69) is 35.2 Å². The summed E-state index contributed by atoms with van der Waals surface area (Å²) in [6.07, 6.45) is 5.92. The van der Waals surface area contributed by atoms with Crippen molar-refractivity contribution in [3.8, 4) is 0 Å². The molecule has 0 amide bonds. The van der Waals surface area contributed by atoms with Crippen molar-refractivity contribution in [1.82, 2.24) is 4.90 Å². The molecule has 2 aromatic carbocycles. The average Bonchev–Trinajstić information content (AvgIpc) is 2.65. The van der Waals surface area contributed by atoms with Gasteiger partial charge in [-0.25, -0.2) is 4.39 Å². The molecule has 2 unspecified atom stereocenters. The number of carbonyl (C=O) groups is 1. The molecule has 2 fully saturated rings. The fraction of sp³-hybridized carbons (Fsp3) is 0.458. The molecule has 0 spiro atoms. The summed E-state index contributed by atoms with van der Waals surface area (Å²) < 4.78 is 13.6. The maximum Gasteiger partial charge on any atom is 0.140 e. The number of ketones is 1. The number of aryl methyl sites for hydroxylation is 1. The van der Waals surface area contributed by atoms with Crippen LogP contribution in [0.1, 0.15) is 48.8 Å². The molecule has 0 aliphatic carbocycles. The van der Waals surface area contributed by atoms with Gasteiger partial charge in [-0.2, -0.15) is 0 Å². The van der Waals surface area contributed by atoms with Gasteiger partial charge in [0.15, 0.2) is 0 Å². The molecule has 2 nitrogen and oxygen atoms in total. The standard InChI is InChI=1S/C24H28FNO/c1-17-10-11-21(25)12-19(17)15-24(27)20-13-22-8-5-9-23(14-20)26(22)16-18-6-3-2-4-7-18/h2-4,6-7,10-12,20,22-23H,5,8-9,13-16H2,1H3. The van der Waals surface area contributed by atoms with Crippen molar-refractivity contribution in [1.29, 1.82) is 0 Å². The number of carbonyl (C=O) groups excluding carboxylic acids is 1. The number of Topliss-reactive ketones (excluding diaryl/α,β-unsaturated/α-hetero) is 1. The van der Waals surface area contributed by atoms with Crippen LogP contribution in [0.2, 0.25) is 0 Å². The number of fused-ring (bicyclic) bond motifs is 2. The smallest absolute Gasteiger partial charge is 0.140 e. The number of benzene rings is 2. The van der Waals surface area contributed by atoms with Gasteiger partial charge in [-0.15, -0.1) is 0 Å². The lowest BCUT2D eigenvalue weighted by molar-refractivity contribution is -0.126. The van der Waals surface area contributed by atoms with Gasteiger partial charge in [0.05, 0.1) is 0 Å². The summed E-state index contributed by atoms with van der Waals surface area (Å²) in [7, 11) is 0. The van der Waals surface area contributed by atoms with Crippen molar-refractivity contribution in [3.05, 3.63) is 71.0 Å². The van der Waals surface area contributed by atoms with Crippen molar-refractivity contribution in [2.24, 2.45) is 5.92 Å². The van der Waals surface area contributed by atoms with Gasteiger partial charge in [-0.3, -0.25) is 9.69 Å². The van der Waals surface area contributed by atoms with Gasteiger partial charge in [0.25, 0.3) is 0 Å². The highest BCUT2D eigenvalue weighted by molar-refractivity contribution is 5.83. The minimum absolute atomic E-state index is 0.120. The van der Waals surface area contributed by atoms with E-state index in [9.17, 15) is 9.18 Å². The molecule has 0 aromatic heterocycles. The fourth-order valence-electron chi connectivity index (χ4n) is 4.96. The predicted molar refractivity (Wildman–Crippen MR) is 106 cm³/mol. The van der Waals surface area contributed by atoms with Crippen LogP contribution in [-0.2, 0) is 17.8 Å². The van der Waals surface area contributed by atoms with Crippen LogP contribution in [0.5, 0.6) is 0 Å². The summed E-state index contributed by atoms with van der Waals surface area (Å²) in [5.74, 6) is 0.160. The van der Waals surface area contributed by atoms with Crippen molar-refractivity contribution in [2.75, 3.05) is 0 Å². The van der Waals surface area contributed by atoms with E-state index in [-0.39, 0.29) is 11.7 Å². The number of hydrogen-bond donors (Lipinski definition) is 0. The molecular formula is C24H28FNO. The zero-order valence-electron chi connectivity index (χ0n) is 16.0. The Morgan fingerprint density at radius 2 is 1.78 bits per heavy atom. The molecule has 2 aliphatic heterocycles. The number of rotatable bonds is 5. The molecule has 0 N–H and O–H groups in total. The molecule has 3 heteroatoms. The van der Waals surface area contributed by atoms with Crippen LogP contribution < -0.4 is 0 Å². The summed E-state index contributed by atoms with van der Waals surface area (Å²) in [6, 6.07) is 16.4. The predicted octanol–water partition coefficient (Wildman–Crippen LogP) is 5.08. The zero-order chi connectivity index (χ0) is 18.8. The molecule has 0 radical (unpaired) electrons. The Hall–Kier alpha value is -2.00. The van der Waals surface area contributed by atoms with Crippen LogP contribution in [0.15, 0.2) is 48.5 Å². The number of piperidine rings is 2. The number of hydrogen-bond acceptors (Lipinski definition) is 2. The van der Waals surface area contributed by atoms with Gasteiger partial charge in [0.2, 0.25) is 0 Å². The van der Waals surface area contributed by atoms with Gasteiger partial charge in [-0.05, 0) is 61.4 Å². The first-order valence-corrected chi connectivity index (χ1v) is 10.2. The second-order valence-corrected chi connectivity index (χ2v) is 8.28. The maximum atomic E-state index is 13.6. The monoisotopic (exact) mass is 365 g/mol. The van der Waals surface area contributed by atoms with E-state index in [1.165, 1.54) is 37.0 Å². The van der Waals surface area contributed by atoms with Crippen LogP contribution >= 0.6 is 0 Å². The minimum atomic E-state index is -0.252. The molecule has 4 rings (SSSR count). The van der Waals surface area contributed by atoms with Crippen molar-refractivity contribution < 1.29 is 9.18 Å². The van der Waals surface area contributed by atoms with Crippen LogP contribution in [0.3, 0.4) is 0 Å². The quantitative estimate of drug-likeness (QED) is 0.736. The first kappa shape index (κ1) is 18.4. The first-order chi connectivity index (χ1) is 13.1. The van der Waals surface area contributed by atoms with Crippen molar-refractivity contribution in [2.45, 2.75) is 64.1 Å². The topological polar surface area (TPSA) is 20.3 Å². The fourth-order valence-corrected chi connectivity index (χ4v) is 4.96. The largest absolute Gasteiger partial charge is 0.299 e. The Morgan fingerprint density at radius 3 is 2.48 bits per heavy atom. The molecular weight excluding hydrogens is 337 g/mol. The molecule has 2 bridgehead atoms. The molecule has 2 heterocycles. The van der Waals surface area contributed by atoms with E-state index in [1.807, 2.05) is 6.92 Å². The second kappa shape index (κ2) is 7.93. The highest BCUT2D eigenvalue weighted by Gasteiger charge is 2.40. The Morgan fingerprint density at radius 1 is 1.07 bits per heavy atom. The van der Waals surface area contributed by atoms with Crippen molar-refractivity contribution >= 4 is 5.78 Å². The Labute approximate surface area is 161 Å². The highest BCUT2D eigenvalue weighted by atomic mass is 19.1. The maximum absolute atomic E-state index is 13.6. The summed E-state index contributed by atoms with van der Waals surface area (Å²) in [5, 5.41) is 0. The van der Waals surface area contributed by atoms with Crippen LogP contribution in [0, 0.1) is 18.7 Å². The Kier molecular flexibility index (Phi) is 5.40. The van der Waals surface area contributed by atoms with E-state index in [0.29, 0.717) is 24.3 Å². The highest BCUT2D eigenvalue weighted by Crippen LogP contribution is 2.38. The third kappa shape index (κ3) is 4.14. The summed E-state index contributed by atoms with van der Waals surface area (Å²) in [4.78, 5) is 15.6. The third-order valence-corrected chi connectivity index (χ3v) is 6.47. The molecule has 27 heavy (non-hydrogen) atoms. The van der Waals surface area contributed by atoms with Crippen LogP contribution in [0.25, 0.3) is 0 Å². The van der Waals surface area contributed by atoms with E-state index in [1.54, 1.807) is 6.07 Å². The molecule has 0 saturated carbocycles. The Balaban J connectivity index is 1.44. The summed E-state index contributed by atoms with van der Waals surface area (Å²) >= 11 is 0. The second-order valence-electron chi connectivity index (χ2n) is 8.28. The number of halogens is 1. The van der Waals surface area contributed by atoms with Crippen LogP contribution in [0.4, 0.5) is 4.39 Å². The molecule has 142 valence electrons. The molecule has 2 saturated heterocycles. The van der Waals surface area contributed by atoms with Gasteiger partial charge in [0.1, 0.15) is 11.6 Å². The zero-order valence-corrected chi connectivity index (χ0v) is 16.0. The summed E-state index contributed by atoms with van der Waals surface area (Å²) in [6.45, 7) is 2.94. The summed E-state index contributed by atoms with van der Waals surface area (Å²) in [5.41, 5.74) is 3.21. The van der Waals surface area contributed by atoms with Gasteiger partial charge in [0, 0.05) is 31.0 Å². The van der Waals surface area contributed by atoms with Gasteiger partial charge >= 0.3 is 0 Å². The first-order valence-electron chi connectivity index (χ1n) is 10.2. The van der Waals surface area contributed by atoms with E-state index < -0.39 is 0 Å². The lowest BCUT2D eigenvalue weighted by Crippen LogP contribution is -2.52. The molecule has 2 aromatic rings. The normalized spacial score (nSPS) is 25.3. The third-order valence-electron chi connectivity index (χ3n) is 6.47. The van der Waals surface area contributed by atoms with E-state index in [0.717, 1.165) is 30.5 Å². The van der Waals surface area contributed by atoms with E-state index >= 15 is 0 Å². The molecule has 2 aliphatic rings.